The highest BCUT2D eigenvalue weighted by Gasteiger charge is 2.18. The van der Waals surface area contributed by atoms with Crippen LogP contribution in [0.5, 0.6) is 0 Å². The molecule has 6 heteroatoms. The van der Waals surface area contributed by atoms with Gasteiger partial charge in [-0.15, -0.1) is 0 Å². The molecule has 0 fully saturated rings. The van der Waals surface area contributed by atoms with Gasteiger partial charge in [0.25, 0.3) is 0 Å². The van der Waals surface area contributed by atoms with Crippen LogP contribution in [0.4, 0.5) is 0 Å². The Morgan fingerprint density at radius 1 is 1.16 bits per heavy atom. The summed E-state index contributed by atoms with van der Waals surface area (Å²) >= 11 is 18.0. The number of benzene rings is 1. The zero-order valence-corrected chi connectivity index (χ0v) is 12.1. The van der Waals surface area contributed by atoms with Crippen LogP contribution < -0.4 is 0 Å². The summed E-state index contributed by atoms with van der Waals surface area (Å²) in [6.07, 6.45) is 1.56. The molecule has 2 rings (SSSR count). The summed E-state index contributed by atoms with van der Waals surface area (Å²) in [5, 5.41) is 0.811. The number of hydrogen-bond acceptors (Lipinski definition) is 3. The van der Waals surface area contributed by atoms with Gasteiger partial charge in [-0.1, -0.05) is 34.8 Å². The molecule has 1 heterocycles. The maximum absolute atomic E-state index is 11.7. The van der Waals surface area contributed by atoms with E-state index < -0.39 is 5.97 Å². The van der Waals surface area contributed by atoms with Crippen LogP contribution in [0.25, 0.3) is 11.3 Å². The monoisotopic (exact) mass is 315 g/mol. The van der Waals surface area contributed by atoms with Crippen molar-refractivity contribution in [2.24, 2.45) is 0 Å². The Balaban J connectivity index is 2.66. The Morgan fingerprint density at radius 3 is 2.58 bits per heavy atom. The molecular weight excluding hydrogens is 309 g/mol. The van der Waals surface area contributed by atoms with Crippen LogP contribution >= 0.6 is 34.8 Å². The molecule has 0 amide bonds. The van der Waals surface area contributed by atoms with E-state index in [0.29, 0.717) is 21.8 Å². The third-order valence-corrected chi connectivity index (χ3v) is 3.80. The zero-order valence-electron chi connectivity index (χ0n) is 9.78. The van der Waals surface area contributed by atoms with Crippen molar-refractivity contribution in [3.63, 3.8) is 0 Å². The lowest BCUT2D eigenvalue weighted by Gasteiger charge is -2.10. The Morgan fingerprint density at radius 2 is 1.89 bits per heavy atom. The van der Waals surface area contributed by atoms with Gasteiger partial charge in [0.05, 0.1) is 33.4 Å². The third kappa shape index (κ3) is 2.68. The number of carbonyl (C=O) groups is 1. The summed E-state index contributed by atoms with van der Waals surface area (Å²) < 4.78 is 4.71. The van der Waals surface area contributed by atoms with Crippen molar-refractivity contribution in [3.05, 3.63) is 51.1 Å². The van der Waals surface area contributed by atoms with Crippen molar-refractivity contribution in [3.8, 4) is 11.3 Å². The lowest BCUT2D eigenvalue weighted by Crippen LogP contribution is -2.05. The molecule has 1 aromatic carbocycles. The fourth-order valence-corrected chi connectivity index (χ4v) is 2.23. The van der Waals surface area contributed by atoms with Gasteiger partial charge in [-0.25, -0.2) is 4.79 Å². The van der Waals surface area contributed by atoms with E-state index in [2.05, 4.69) is 4.98 Å². The fraction of sp³-hybridized carbons (Fsp3) is 0.0769. The lowest BCUT2D eigenvalue weighted by atomic mass is 10.1. The highest BCUT2D eigenvalue weighted by molar-refractivity contribution is 6.49. The van der Waals surface area contributed by atoms with Crippen LogP contribution in [0.15, 0.2) is 30.5 Å². The lowest BCUT2D eigenvalue weighted by molar-refractivity contribution is 0.0601. The van der Waals surface area contributed by atoms with Crippen LogP contribution in [-0.2, 0) is 4.74 Å². The molecule has 0 atom stereocenters. The molecule has 1 aromatic heterocycles. The van der Waals surface area contributed by atoms with Crippen LogP contribution in [0.3, 0.4) is 0 Å². The van der Waals surface area contributed by atoms with Crippen molar-refractivity contribution in [1.82, 2.24) is 4.98 Å². The Hall–Kier alpha value is -1.29. The molecule has 0 aliphatic carbocycles. The predicted molar refractivity (Wildman–Crippen MR) is 76.0 cm³/mol. The average Bonchev–Trinajstić information content (AvgIpc) is 2.44. The average molecular weight is 317 g/mol. The van der Waals surface area contributed by atoms with Gasteiger partial charge in [0.2, 0.25) is 0 Å². The second-order valence-electron chi connectivity index (χ2n) is 3.61. The molecule has 2 aromatic rings. The third-order valence-electron chi connectivity index (χ3n) is 2.50. The van der Waals surface area contributed by atoms with Crippen molar-refractivity contribution < 1.29 is 9.53 Å². The Kier molecular flexibility index (Phi) is 4.30. The second-order valence-corrected chi connectivity index (χ2v) is 4.78. The van der Waals surface area contributed by atoms with Crippen molar-refractivity contribution in [2.75, 3.05) is 7.11 Å². The minimum Gasteiger partial charge on any atom is -0.465 e. The molecule has 0 unspecified atom stereocenters. The van der Waals surface area contributed by atoms with Gasteiger partial charge in [-0.05, 0) is 24.3 Å². The number of rotatable bonds is 2. The second kappa shape index (κ2) is 5.78. The van der Waals surface area contributed by atoms with Crippen molar-refractivity contribution in [2.45, 2.75) is 0 Å². The minimum absolute atomic E-state index is 0.224. The number of ether oxygens (including phenoxy) is 1. The fourth-order valence-electron chi connectivity index (χ4n) is 1.60. The smallest absolute Gasteiger partial charge is 0.340 e. The maximum Gasteiger partial charge on any atom is 0.340 e. The largest absolute Gasteiger partial charge is 0.465 e. The van der Waals surface area contributed by atoms with E-state index in [1.807, 2.05) is 0 Å². The van der Waals surface area contributed by atoms with E-state index in [4.69, 9.17) is 39.5 Å². The molecule has 0 saturated carbocycles. The highest BCUT2D eigenvalue weighted by atomic mass is 35.5. The highest BCUT2D eigenvalue weighted by Crippen LogP contribution is 2.38. The van der Waals surface area contributed by atoms with Gasteiger partial charge >= 0.3 is 5.97 Å². The standard InChI is InChI=1S/C13H8Cl3NO2/c1-19-13(18)8-3-2-6-17-12(8)7-4-5-9(14)11(16)10(7)15/h2-6H,1H3. The van der Waals surface area contributed by atoms with Gasteiger partial charge in [-0.2, -0.15) is 0 Å². The van der Waals surface area contributed by atoms with Gasteiger partial charge in [0.15, 0.2) is 0 Å². The van der Waals surface area contributed by atoms with Crippen LogP contribution in [0, 0.1) is 0 Å². The molecule has 98 valence electrons. The van der Waals surface area contributed by atoms with E-state index >= 15 is 0 Å². The first-order chi connectivity index (χ1) is 9.06. The van der Waals surface area contributed by atoms with E-state index in [-0.39, 0.29) is 10.0 Å². The molecule has 0 aliphatic heterocycles. The molecule has 0 N–H and O–H groups in total. The Labute approximate surface area is 125 Å². The Bertz CT molecular complexity index is 644. The van der Waals surface area contributed by atoms with Crippen molar-refractivity contribution in [1.29, 1.82) is 0 Å². The normalized spacial score (nSPS) is 10.3. The maximum atomic E-state index is 11.7. The number of halogens is 3. The van der Waals surface area contributed by atoms with Gasteiger partial charge in [0, 0.05) is 11.8 Å². The summed E-state index contributed by atoms with van der Waals surface area (Å²) in [6, 6.07) is 6.50. The van der Waals surface area contributed by atoms with E-state index in [9.17, 15) is 4.79 Å². The summed E-state index contributed by atoms with van der Waals surface area (Å²) in [5.74, 6) is -0.495. The van der Waals surface area contributed by atoms with E-state index in [1.165, 1.54) is 7.11 Å². The first kappa shape index (κ1) is 14.1. The van der Waals surface area contributed by atoms with Crippen molar-refractivity contribution >= 4 is 40.8 Å². The number of aromatic nitrogens is 1. The van der Waals surface area contributed by atoms with Gasteiger partial charge in [0.1, 0.15) is 0 Å². The number of esters is 1. The summed E-state index contributed by atoms with van der Waals surface area (Å²) in [5.41, 5.74) is 1.24. The molecule has 3 nitrogen and oxygen atoms in total. The van der Waals surface area contributed by atoms with Crippen LogP contribution in [0.2, 0.25) is 15.1 Å². The summed E-state index contributed by atoms with van der Waals surface area (Å²) in [7, 11) is 1.30. The predicted octanol–water partition coefficient (Wildman–Crippen LogP) is 4.50. The minimum atomic E-state index is -0.495. The molecule has 0 saturated heterocycles. The van der Waals surface area contributed by atoms with E-state index in [1.54, 1.807) is 30.5 Å². The summed E-state index contributed by atoms with van der Waals surface area (Å²) in [6.45, 7) is 0. The number of hydrogen-bond donors (Lipinski definition) is 0. The number of carbonyl (C=O) groups excluding carboxylic acids is 1. The molecule has 0 bridgehead atoms. The molecule has 0 aliphatic rings. The van der Waals surface area contributed by atoms with E-state index in [0.717, 1.165) is 0 Å². The first-order valence-corrected chi connectivity index (χ1v) is 6.37. The van der Waals surface area contributed by atoms with Gasteiger partial charge < -0.3 is 4.74 Å². The van der Waals surface area contributed by atoms with Crippen LogP contribution in [0.1, 0.15) is 10.4 Å². The molecular formula is C13H8Cl3NO2. The molecule has 0 spiro atoms. The zero-order chi connectivity index (χ0) is 14.0. The summed E-state index contributed by atoms with van der Waals surface area (Å²) in [4.78, 5) is 15.9. The van der Waals surface area contributed by atoms with Crippen LogP contribution in [-0.4, -0.2) is 18.1 Å². The SMILES string of the molecule is COC(=O)c1cccnc1-c1ccc(Cl)c(Cl)c1Cl. The molecule has 0 radical (unpaired) electrons. The number of methoxy groups -OCH3 is 1. The molecule has 19 heavy (non-hydrogen) atoms. The topological polar surface area (TPSA) is 39.2 Å². The number of pyridine rings is 1. The first-order valence-electron chi connectivity index (χ1n) is 5.23. The number of nitrogens with zero attached hydrogens (tertiary/aromatic N) is 1. The van der Waals surface area contributed by atoms with Gasteiger partial charge in [-0.3, -0.25) is 4.98 Å². The quantitative estimate of drug-likeness (QED) is 0.605.